The number of carbonyl (C=O) groups excluding carboxylic acids is 4. The van der Waals surface area contributed by atoms with Crippen molar-refractivity contribution in [2.75, 3.05) is 13.1 Å². The van der Waals surface area contributed by atoms with Crippen LogP contribution < -0.4 is 5.32 Å². The Hall–Kier alpha value is -2.12. The van der Waals surface area contributed by atoms with Crippen molar-refractivity contribution in [2.45, 2.75) is 32.7 Å². The molecule has 1 atom stereocenters. The van der Waals surface area contributed by atoms with E-state index in [9.17, 15) is 19.2 Å². The summed E-state index contributed by atoms with van der Waals surface area (Å²) in [5, 5.41) is 3.51. The fourth-order valence-electron chi connectivity index (χ4n) is 2.56. The summed E-state index contributed by atoms with van der Waals surface area (Å²) in [6.07, 6.45) is 1.36. The number of hydrogen-bond acceptors (Lipinski definition) is 4. The predicted molar refractivity (Wildman–Crippen MR) is 96.7 cm³/mol. The molecule has 9 heteroatoms. The molecule has 2 rings (SSSR count). The summed E-state index contributed by atoms with van der Waals surface area (Å²) in [4.78, 5) is 49.8. The van der Waals surface area contributed by atoms with Crippen molar-refractivity contribution in [2.24, 2.45) is 0 Å². The lowest BCUT2D eigenvalue weighted by atomic mass is 10.1. The van der Waals surface area contributed by atoms with Gasteiger partial charge in [-0.15, -0.1) is 0 Å². The highest BCUT2D eigenvalue weighted by molar-refractivity contribution is 6.45. The zero-order chi connectivity index (χ0) is 19.4. The Morgan fingerprint density at radius 3 is 2.42 bits per heavy atom. The van der Waals surface area contributed by atoms with Gasteiger partial charge in [-0.2, -0.15) is 0 Å². The van der Waals surface area contributed by atoms with Crippen molar-refractivity contribution in [1.82, 2.24) is 15.1 Å². The lowest BCUT2D eigenvalue weighted by Crippen LogP contribution is -2.42. The van der Waals surface area contributed by atoms with E-state index in [1.54, 1.807) is 25.1 Å². The third-order valence-electron chi connectivity index (χ3n) is 3.98. The molecule has 0 saturated carbocycles. The van der Waals surface area contributed by atoms with Crippen LogP contribution in [-0.4, -0.2) is 46.6 Å². The quantitative estimate of drug-likeness (QED) is 0.563. The van der Waals surface area contributed by atoms with Gasteiger partial charge in [0.15, 0.2) is 0 Å². The SMILES string of the molecule is CCCCN1C(=O)C(=O)N(CC(=O)N[C@@H](C)c2ccc(Cl)cc2Cl)C1=O. The summed E-state index contributed by atoms with van der Waals surface area (Å²) >= 11 is 12.0. The zero-order valence-electron chi connectivity index (χ0n) is 14.4. The number of hydrogen-bond donors (Lipinski definition) is 1. The maximum absolute atomic E-state index is 12.2. The average Bonchev–Trinajstić information content (AvgIpc) is 2.76. The first-order valence-corrected chi connectivity index (χ1v) is 8.93. The van der Waals surface area contributed by atoms with Gasteiger partial charge < -0.3 is 5.32 Å². The summed E-state index contributed by atoms with van der Waals surface area (Å²) in [5.41, 5.74) is 0.643. The van der Waals surface area contributed by atoms with Crippen LogP contribution in [0.25, 0.3) is 0 Å². The average molecular weight is 400 g/mol. The number of carbonyl (C=O) groups is 4. The molecule has 1 saturated heterocycles. The largest absolute Gasteiger partial charge is 0.348 e. The molecule has 1 aliphatic rings. The molecule has 1 aromatic carbocycles. The highest BCUT2D eigenvalue weighted by Gasteiger charge is 2.44. The van der Waals surface area contributed by atoms with Crippen molar-refractivity contribution >= 4 is 47.0 Å². The van der Waals surface area contributed by atoms with Gasteiger partial charge in [0.2, 0.25) is 5.91 Å². The highest BCUT2D eigenvalue weighted by atomic mass is 35.5. The summed E-state index contributed by atoms with van der Waals surface area (Å²) in [5.74, 6) is -2.46. The molecule has 1 fully saturated rings. The van der Waals surface area contributed by atoms with E-state index in [2.05, 4.69) is 5.32 Å². The van der Waals surface area contributed by atoms with Crippen molar-refractivity contribution in [3.05, 3.63) is 33.8 Å². The van der Waals surface area contributed by atoms with Gasteiger partial charge >= 0.3 is 17.8 Å². The van der Waals surface area contributed by atoms with Crippen LogP contribution in [0.1, 0.15) is 38.3 Å². The Morgan fingerprint density at radius 2 is 1.81 bits per heavy atom. The topological polar surface area (TPSA) is 86.8 Å². The second kappa shape index (κ2) is 8.51. The molecule has 1 aromatic rings. The molecule has 0 aliphatic carbocycles. The fourth-order valence-corrected chi connectivity index (χ4v) is 3.14. The Balaban J connectivity index is 2.01. The van der Waals surface area contributed by atoms with Gasteiger partial charge in [0.1, 0.15) is 6.54 Å². The summed E-state index contributed by atoms with van der Waals surface area (Å²) in [6, 6.07) is 3.65. The number of benzene rings is 1. The van der Waals surface area contributed by atoms with E-state index < -0.39 is 36.3 Å². The lowest BCUT2D eigenvalue weighted by Gasteiger charge is -2.18. The van der Waals surface area contributed by atoms with Crippen molar-refractivity contribution in [3.8, 4) is 0 Å². The Kier molecular flexibility index (Phi) is 6.61. The Labute approximate surface area is 161 Å². The van der Waals surface area contributed by atoms with E-state index in [-0.39, 0.29) is 6.54 Å². The van der Waals surface area contributed by atoms with Gasteiger partial charge in [0.05, 0.1) is 6.04 Å². The van der Waals surface area contributed by atoms with Crippen LogP contribution >= 0.6 is 23.2 Å². The third-order valence-corrected chi connectivity index (χ3v) is 4.54. The van der Waals surface area contributed by atoms with E-state index >= 15 is 0 Å². The number of unbranched alkanes of at least 4 members (excludes halogenated alkanes) is 1. The number of nitrogens with one attached hydrogen (secondary N) is 1. The maximum atomic E-state index is 12.2. The van der Waals surface area contributed by atoms with Crippen LogP contribution in [0.2, 0.25) is 10.0 Å². The van der Waals surface area contributed by atoms with E-state index in [4.69, 9.17) is 23.2 Å². The minimum absolute atomic E-state index is 0.162. The van der Waals surface area contributed by atoms with Gasteiger partial charge in [-0.1, -0.05) is 42.6 Å². The summed E-state index contributed by atoms with van der Waals surface area (Å²) in [7, 11) is 0. The molecular weight excluding hydrogens is 381 g/mol. The normalized spacial score (nSPS) is 15.6. The van der Waals surface area contributed by atoms with Crippen LogP contribution in [0.4, 0.5) is 4.79 Å². The van der Waals surface area contributed by atoms with E-state index in [0.717, 1.165) is 11.3 Å². The number of halogens is 2. The van der Waals surface area contributed by atoms with Crippen LogP contribution in [-0.2, 0) is 14.4 Å². The molecule has 5 amide bonds. The smallest absolute Gasteiger partial charge is 0.334 e. The van der Waals surface area contributed by atoms with Gasteiger partial charge in [0, 0.05) is 16.6 Å². The number of rotatable bonds is 7. The molecule has 0 unspecified atom stereocenters. The van der Waals surface area contributed by atoms with Gasteiger partial charge in [-0.05, 0) is 31.0 Å². The molecule has 0 spiro atoms. The van der Waals surface area contributed by atoms with Gasteiger partial charge in [-0.3, -0.25) is 19.3 Å². The third kappa shape index (κ3) is 4.34. The summed E-state index contributed by atoms with van der Waals surface area (Å²) in [6.45, 7) is 3.25. The van der Waals surface area contributed by atoms with Crippen LogP contribution in [0.5, 0.6) is 0 Å². The standard InChI is InChI=1S/C17H19Cl2N3O4/c1-3-4-7-21-15(24)16(25)22(17(21)26)9-14(23)20-10(2)12-6-5-11(18)8-13(12)19/h5-6,8,10H,3-4,7,9H2,1-2H3,(H,20,23)/t10-/m0/s1. The van der Waals surface area contributed by atoms with Gasteiger partial charge in [-0.25, -0.2) is 9.69 Å². The molecule has 140 valence electrons. The van der Waals surface area contributed by atoms with Crippen LogP contribution in [0, 0.1) is 0 Å². The molecule has 7 nitrogen and oxygen atoms in total. The Morgan fingerprint density at radius 1 is 1.15 bits per heavy atom. The molecule has 0 bridgehead atoms. The highest BCUT2D eigenvalue weighted by Crippen LogP contribution is 2.26. The molecule has 1 aliphatic heterocycles. The second-order valence-corrected chi connectivity index (χ2v) is 6.78. The number of imide groups is 2. The number of urea groups is 1. The molecule has 1 heterocycles. The lowest BCUT2D eigenvalue weighted by molar-refractivity contribution is -0.144. The van der Waals surface area contributed by atoms with E-state index in [1.165, 1.54) is 0 Å². The molecule has 0 aromatic heterocycles. The first-order valence-electron chi connectivity index (χ1n) is 8.17. The van der Waals surface area contributed by atoms with Crippen molar-refractivity contribution < 1.29 is 19.2 Å². The van der Waals surface area contributed by atoms with Gasteiger partial charge in [0.25, 0.3) is 0 Å². The Bertz CT molecular complexity index is 754. The monoisotopic (exact) mass is 399 g/mol. The van der Waals surface area contributed by atoms with Crippen molar-refractivity contribution in [3.63, 3.8) is 0 Å². The van der Waals surface area contributed by atoms with Crippen molar-refractivity contribution in [1.29, 1.82) is 0 Å². The number of amides is 5. The van der Waals surface area contributed by atoms with Crippen LogP contribution in [0.3, 0.4) is 0 Å². The summed E-state index contributed by atoms with van der Waals surface area (Å²) < 4.78 is 0. The minimum Gasteiger partial charge on any atom is -0.348 e. The first-order chi connectivity index (χ1) is 12.3. The first kappa shape index (κ1) is 20.2. The predicted octanol–water partition coefficient (Wildman–Crippen LogP) is 2.76. The fraction of sp³-hybridized carbons (Fsp3) is 0.412. The molecule has 1 N–H and O–H groups in total. The van der Waals surface area contributed by atoms with E-state index in [1.807, 2.05) is 6.92 Å². The minimum atomic E-state index is -0.988. The maximum Gasteiger partial charge on any atom is 0.334 e. The number of nitrogens with zero attached hydrogens (tertiary/aromatic N) is 2. The molecular formula is C17H19Cl2N3O4. The van der Waals surface area contributed by atoms with Crippen LogP contribution in [0.15, 0.2) is 18.2 Å². The molecule has 0 radical (unpaired) electrons. The molecule has 26 heavy (non-hydrogen) atoms. The zero-order valence-corrected chi connectivity index (χ0v) is 15.9. The van der Waals surface area contributed by atoms with E-state index in [0.29, 0.717) is 26.9 Å². The second-order valence-electron chi connectivity index (χ2n) is 5.94.